The van der Waals surface area contributed by atoms with E-state index in [1.54, 1.807) is 0 Å². The zero-order valence-electron chi connectivity index (χ0n) is 13.1. The second-order valence-corrected chi connectivity index (χ2v) is 9.15. The number of carboxylic acids is 1. The Morgan fingerprint density at radius 2 is 1.90 bits per heavy atom. The lowest BCUT2D eigenvalue weighted by Crippen LogP contribution is -2.52. The quantitative estimate of drug-likeness (QED) is 0.839. The predicted molar refractivity (Wildman–Crippen MR) is 79.6 cm³/mol. The summed E-state index contributed by atoms with van der Waals surface area (Å²) < 4.78 is 23.3. The van der Waals surface area contributed by atoms with E-state index in [4.69, 9.17) is 5.11 Å². The number of sulfone groups is 1. The molecule has 0 saturated carbocycles. The number of rotatable bonds is 4. The maximum atomic E-state index is 12.4. The van der Waals surface area contributed by atoms with E-state index in [2.05, 4.69) is 0 Å². The first-order valence-corrected chi connectivity index (χ1v) is 8.96. The summed E-state index contributed by atoms with van der Waals surface area (Å²) in [4.78, 5) is 24.7. The van der Waals surface area contributed by atoms with E-state index in [0.29, 0.717) is 6.42 Å². The second kappa shape index (κ2) is 6.34. The third kappa shape index (κ3) is 5.30. The number of hydrogen-bond donors (Lipinski definition) is 1. The molecule has 1 heterocycles. The zero-order valence-corrected chi connectivity index (χ0v) is 13.9. The van der Waals surface area contributed by atoms with Gasteiger partial charge in [-0.3, -0.25) is 9.59 Å². The van der Waals surface area contributed by atoms with Crippen molar-refractivity contribution in [2.75, 3.05) is 18.1 Å². The molecule has 0 bridgehead atoms. The van der Waals surface area contributed by atoms with Gasteiger partial charge in [-0.15, -0.1) is 0 Å². The summed E-state index contributed by atoms with van der Waals surface area (Å²) in [6, 6.07) is -0.749. The molecule has 0 aromatic carbocycles. The Labute approximate surface area is 126 Å². The van der Waals surface area contributed by atoms with Gasteiger partial charge < -0.3 is 10.0 Å². The van der Waals surface area contributed by atoms with Crippen molar-refractivity contribution in [2.24, 2.45) is 11.3 Å². The smallest absolute Gasteiger partial charge is 0.305 e. The van der Waals surface area contributed by atoms with Crippen molar-refractivity contribution in [3.63, 3.8) is 0 Å². The van der Waals surface area contributed by atoms with Gasteiger partial charge in [0.05, 0.1) is 24.0 Å². The van der Waals surface area contributed by atoms with Gasteiger partial charge in [0.15, 0.2) is 9.84 Å². The molecular formula is C14H25NO5S. The standard InChI is InChI=1S/C14H25NO5S/c1-10(14(2,3)4)7-12(16)15-5-6-21(19,20)9-11(15)8-13(17)18/h10-11H,5-9H2,1-4H3,(H,17,18). The van der Waals surface area contributed by atoms with Crippen LogP contribution >= 0.6 is 0 Å². The molecule has 6 nitrogen and oxygen atoms in total. The highest BCUT2D eigenvalue weighted by Gasteiger charge is 2.36. The Hall–Kier alpha value is -1.11. The van der Waals surface area contributed by atoms with Crippen molar-refractivity contribution in [3.8, 4) is 0 Å². The number of carbonyl (C=O) groups excluding carboxylic acids is 1. The van der Waals surface area contributed by atoms with Gasteiger partial charge in [0.1, 0.15) is 0 Å². The van der Waals surface area contributed by atoms with E-state index in [1.807, 2.05) is 27.7 Å². The maximum Gasteiger partial charge on any atom is 0.305 e. The van der Waals surface area contributed by atoms with E-state index in [-0.39, 0.29) is 41.7 Å². The minimum absolute atomic E-state index is 0.0280. The van der Waals surface area contributed by atoms with Gasteiger partial charge in [0.2, 0.25) is 5.91 Å². The van der Waals surface area contributed by atoms with E-state index >= 15 is 0 Å². The molecule has 7 heteroatoms. The largest absolute Gasteiger partial charge is 0.481 e. The molecule has 1 saturated heterocycles. The lowest BCUT2D eigenvalue weighted by atomic mass is 9.80. The van der Waals surface area contributed by atoms with Crippen molar-refractivity contribution in [1.82, 2.24) is 4.90 Å². The Balaban J connectivity index is 2.82. The third-order valence-corrected chi connectivity index (χ3v) is 5.92. The van der Waals surface area contributed by atoms with Gasteiger partial charge >= 0.3 is 5.97 Å². The number of carboxylic acid groups (broad SMARTS) is 1. The van der Waals surface area contributed by atoms with Crippen LogP contribution in [-0.4, -0.2) is 54.4 Å². The van der Waals surface area contributed by atoms with Gasteiger partial charge in [0, 0.05) is 13.0 Å². The fourth-order valence-corrected chi connectivity index (χ4v) is 3.80. The summed E-state index contributed by atoms with van der Waals surface area (Å²) in [6.45, 7) is 8.20. The molecule has 1 aliphatic heterocycles. The van der Waals surface area contributed by atoms with Crippen LogP contribution in [0, 0.1) is 11.3 Å². The summed E-state index contributed by atoms with van der Waals surface area (Å²) in [7, 11) is -3.26. The first kappa shape index (κ1) is 17.9. The van der Waals surface area contributed by atoms with Crippen molar-refractivity contribution in [2.45, 2.75) is 46.6 Å². The van der Waals surface area contributed by atoms with Crippen LogP contribution in [0.15, 0.2) is 0 Å². The Bertz CT molecular complexity index is 506. The minimum Gasteiger partial charge on any atom is -0.481 e. The number of nitrogens with zero attached hydrogens (tertiary/aromatic N) is 1. The SMILES string of the molecule is CC(CC(=O)N1CCS(=O)(=O)CC1CC(=O)O)C(C)(C)C. The van der Waals surface area contributed by atoms with Crippen LogP contribution in [0.25, 0.3) is 0 Å². The Morgan fingerprint density at radius 1 is 1.33 bits per heavy atom. The average Bonchev–Trinajstić information content (AvgIpc) is 2.25. The van der Waals surface area contributed by atoms with Crippen molar-refractivity contribution in [1.29, 1.82) is 0 Å². The molecule has 0 aromatic rings. The van der Waals surface area contributed by atoms with Crippen LogP contribution in [0.5, 0.6) is 0 Å². The molecule has 0 aromatic heterocycles. The summed E-state index contributed by atoms with van der Waals surface area (Å²) in [6.07, 6.45) is -0.0193. The Morgan fingerprint density at radius 3 is 2.38 bits per heavy atom. The van der Waals surface area contributed by atoms with Crippen LogP contribution in [0.4, 0.5) is 0 Å². The molecule has 2 unspecified atom stereocenters. The zero-order chi connectivity index (χ0) is 16.4. The number of aliphatic carboxylic acids is 1. The molecule has 0 aliphatic carbocycles. The highest BCUT2D eigenvalue weighted by molar-refractivity contribution is 7.91. The molecule has 0 spiro atoms. The lowest BCUT2D eigenvalue weighted by molar-refractivity contribution is -0.141. The number of carbonyl (C=O) groups is 2. The van der Waals surface area contributed by atoms with Crippen molar-refractivity contribution < 1.29 is 23.1 Å². The summed E-state index contributed by atoms with van der Waals surface area (Å²) in [5.41, 5.74) is -0.0280. The van der Waals surface area contributed by atoms with Gasteiger partial charge in [-0.05, 0) is 11.3 Å². The molecule has 21 heavy (non-hydrogen) atoms. The molecule has 122 valence electrons. The fraction of sp³-hybridized carbons (Fsp3) is 0.857. The first-order chi connectivity index (χ1) is 9.42. The summed E-state index contributed by atoms with van der Waals surface area (Å²) >= 11 is 0. The van der Waals surface area contributed by atoms with E-state index in [9.17, 15) is 18.0 Å². The Kier molecular flexibility index (Phi) is 5.41. The van der Waals surface area contributed by atoms with Crippen LogP contribution in [-0.2, 0) is 19.4 Å². The molecule has 1 aliphatic rings. The van der Waals surface area contributed by atoms with Gasteiger partial charge in [-0.25, -0.2) is 8.42 Å². The fourth-order valence-electron chi connectivity index (χ4n) is 2.27. The van der Waals surface area contributed by atoms with E-state index in [1.165, 1.54) is 4.90 Å². The van der Waals surface area contributed by atoms with Crippen LogP contribution in [0.3, 0.4) is 0 Å². The predicted octanol–water partition coefficient (Wildman–Crippen LogP) is 1.16. The van der Waals surface area contributed by atoms with Crippen molar-refractivity contribution in [3.05, 3.63) is 0 Å². The molecule has 0 radical (unpaired) electrons. The van der Waals surface area contributed by atoms with E-state index < -0.39 is 21.8 Å². The molecule has 1 fully saturated rings. The highest BCUT2D eigenvalue weighted by Crippen LogP contribution is 2.29. The van der Waals surface area contributed by atoms with Crippen LogP contribution in [0.2, 0.25) is 0 Å². The normalized spacial score (nSPS) is 23.6. The van der Waals surface area contributed by atoms with Crippen LogP contribution < -0.4 is 0 Å². The van der Waals surface area contributed by atoms with Gasteiger partial charge in [-0.2, -0.15) is 0 Å². The number of hydrogen-bond acceptors (Lipinski definition) is 4. The monoisotopic (exact) mass is 319 g/mol. The summed E-state index contributed by atoms with van der Waals surface area (Å²) in [5, 5.41) is 8.91. The van der Waals surface area contributed by atoms with Crippen molar-refractivity contribution >= 4 is 21.7 Å². The van der Waals surface area contributed by atoms with E-state index in [0.717, 1.165) is 0 Å². The molecule has 1 amide bonds. The van der Waals surface area contributed by atoms with Gasteiger partial charge in [0.25, 0.3) is 0 Å². The second-order valence-electron chi connectivity index (χ2n) is 6.92. The highest BCUT2D eigenvalue weighted by atomic mass is 32.2. The summed E-state index contributed by atoms with van der Waals surface area (Å²) in [5.74, 6) is -1.44. The first-order valence-electron chi connectivity index (χ1n) is 7.14. The lowest BCUT2D eigenvalue weighted by Gasteiger charge is -2.36. The third-order valence-electron chi connectivity index (χ3n) is 4.22. The molecule has 1 N–H and O–H groups in total. The maximum absolute atomic E-state index is 12.4. The van der Waals surface area contributed by atoms with Gasteiger partial charge in [-0.1, -0.05) is 27.7 Å². The van der Waals surface area contributed by atoms with Crippen LogP contribution in [0.1, 0.15) is 40.5 Å². The topological polar surface area (TPSA) is 91.8 Å². The minimum atomic E-state index is -3.26. The molecule has 2 atom stereocenters. The molecular weight excluding hydrogens is 294 g/mol. The molecule has 1 rings (SSSR count). The average molecular weight is 319 g/mol. The number of amides is 1.